The Morgan fingerprint density at radius 2 is 2.21 bits per heavy atom. The number of fused-ring (bicyclic) bond motifs is 1. The molecule has 0 aromatic carbocycles. The minimum Gasteiger partial charge on any atom is -0.449 e. The Morgan fingerprint density at radius 3 is 2.90 bits per heavy atom. The minimum absolute atomic E-state index is 0.210. The Balaban J connectivity index is 1.38. The molecule has 2 amide bonds. The molecule has 2 N–H and O–H groups in total. The van der Waals surface area contributed by atoms with Gasteiger partial charge in [0.2, 0.25) is 0 Å². The zero-order chi connectivity index (χ0) is 20.6. The normalized spacial score (nSPS) is 21.0. The minimum atomic E-state index is -1.10. The van der Waals surface area contributed by atoms with Crippen LogP contribution in [-0.4, -0.2) is 66.3 Å². The zero-order valence-corrected chi connectivity index (χ0v) is 16.4. The molecule has 11 nitrogen and oxygen atoms in total. The van der Waals surface area contributed by atoms with Gasteiger partial charge >= 0.3 is 5.97 Å². The van der Waals surface area contributed by atoms with E-state index in [4.69, 9.17) is 4.74 Å². The number of hydrogen-bond donors (Lipinski definition) is 2. The summed E-state index contributed by atoms with van der Waals surface area (Å²) in [5.41, 5.74) is 0.799. The van der Waals surface area contributed by atoms with Crippen molar-refractivity contribution >= 4 is 17.8 Å². The molecule has 4 heterocycles. The number of nitrogens with one attached hydrogen (secondary N) is 2. The number of nitrogens with zero attached hydrogens (tertiary/aromatic N) is 5. The Hall–Kier alpha value is -3.24. The molecular formula is C18H23N7O4. The number of amides is 2. The number of hydrogen-bond acceptors (Lipinski definition) is 7. The maximum absolute atomic E-state index is 12.8. The lowest BCUT2D eigenvalue weighted by Crippen LogP contribution is -2.48. The van der Waals surface area contributed by atoms with Gasteiger partial charge in [0, 0.05) is 45.0 Å². The van der Waals surface area contributed by atoms with Crippen molar-refractivity contribution in [2.75, 3.05) is 13.1 Å². The Kier molecular flexibility index (Phi) is 4.81. The summed E-state index contributed by atoms with van der Waals surface area (Å²) >= 11 is 0. The fraction of sp³-hybridized carbons (Fsp3) is 0.556. The van der Waals surface area contributed by atoms with Crippen LogP contribution in [0.25, 0.3) is 0 Å². The molecule has 1 unspecified atom stereocenters. The predicted octanol–water partition coefficient (Wildman–Crippen LogP) is -0.509. The largest absolute Gasteiger partial charge is 0.449 e. The van der Waals surface area contributed by atoms with E-state index in [1.165, 1.54) is 6.33 Å². The molecule has 1 fully saturated rings. The summed E-state index contributed by atoms with van der Waals surface area (Å²) in [6.07, 6.45) is 3.18. The van der Waals surface area contributed by atoms with E-state index in [0.29, 0.717) is 44.6 Å². The second kappa shape index (κ2) is 7.30. The number of aromatic amines is 1. The third-order valence-corrected chi connectivity index (χ3v) is 5.47. The van der Waals surface area contributed by atoms with Crippen LogP contribution in [0, 0.1) is 0 Å². The molecule has 29 heavy (non-hydrogen) atoms. The Morgan fingerprint density at radius 1 is 1.38 bits per heavy atom. The second-order valence-corrected chi connectivity index (χ2v) is 7.52. The number of H-pyrrole nitrogens is 1. The molecule has 0 aliphatic carbocycles. The van der Waals surface area contributed by atoms with E-state index < -0.39 is 5.60 Å². The van der Waals surface area contributed by atoms with Crippen LogP contribution < -0.4 is 5.32 Å². The molecule has 2 aliphatic heterocycles. The highest BCUT2D eigenvalue weighted by atomic mass is 16.6. The highest BCUT2D eigenvalue weighted by Crippen LogP contribution is 2.30. The second-order valence-electron chi connectivity index (χ2n) is 7.52. The van der Waals surface area contributed by atoms with Crippen LogP contribution in [0.2, 0.25) is 0 Å². The first-order chi connectivity index (χ1) is 13.9. The zero-order valence-electron chi connectivity index (χ0n) is 16.4. The number of carbonyl (C=O) groups is 3. The third-order valence-electron chi connectivity index (χ3n) is 5.47. The first-order valence-corrected chi connectivity index (χ1v) is 9.56. The molecular weight excluding hydrogens is 378 g/mol. The lowest BCUT2D eigenvalue weighted by molar-refractivity contribution is -0.163. The fourth-order valence-electron chi connectivity index (χ4n) is 3.78. The van der Waals surface area contributed by atoms with Gasteiger partial charge in [0.1, 0.15) is 12.2 Å². The summed E-state index contributed by atoms with van der Waals surface area (Å²) in [6.45, 7) is 2.82. The lowest BCUT2D eigenvalue weighted by atomic mass is 9.98. The van der Waals surface area contributed by atoms with E-state index in [1.54, 1.807) is 23.6 Å². The maximum atomic E-state index is 12.8. The van der Waals surface area contributed by atoms with Crippen molar-refractivity contribution in [3.63, 3.8) is 0 Å². The molecule has 1 saturated heterocycles. The van der Waals surface area contributed by atoms with Crippen LogP contribution in [0.4, 0.5) is 0 Å². The van der Waals surface area contributed by atoms with E-state index in [1.807, 2.05) is 0 Å². The molecule has 154 valence electrons. The standard InChI is InChI=1S/C18H23N7O4/c1-18(6-3-14(26)29-18)17(28)25-8-5-11-12(9-25)22-23-15(11)16(27)19-7-4-13-20-10-21-24(13)2/h10H,3-9H2,1-2H3,(H,19,27)(H,22,23). The van der Waals surface area contributed by atoms with Gasteiger partial charge in [-0.05, 0) is 13.3 Å². The van der Waals surface area contributed by atoms with Crippen molar-refractivity contribution in [2.45, 2.75) is 44.8 Å². The summed E-state index contributed by atoms with van der Waals surface area (Å²) in [7, 11) is 1.80. The molecule has 2 aromatic heterocycles. The predicted molar refractivity (Wildman–Crippen MR) is 98.5 cm³/mol. The molecule has 2 aromatic rings. The number of carbonyl (C=O) groups excluding carboxylic acids is 3. The van der Waals surface area contributed by atoms with Crippen molar-refractivity contribution in [1.82, 2.24) is 35.2 Å². The highest BCUT2D eigenvalue weighted by molar-refractivity contribution is 5.94. The van der Waals surface area contributed by atoms with Gasteiger partial charge in [-0.3, -0.25) is 24.2 Å². The van der Waals surface area contributed by atoms with Crippen molar-refractivity contribution in [1.29, 1.82) is 0 Å². The summed E-state index contributed by atoms with van der Waals surface area (Å²) in [6, 6.07) is 0. The lowest BCUT2D eigenvalue weighted by Gasteiger charge is -2.33. The third kappa shape index (κ3) is 3.59. The first kappa shape index (κ1) is 19.1. The molecule has 0 saturated carbocycles. The number of esters is 1. The summed E-state index contributed by atoms with van der Waals surface area (Å²) < 4.78 is 6.91. The van der Waals surface area contributed by atoms with Crippen LogP contribution in [0.5, 0.6) is 0 Å². The monoisotopic (exact) mass is 401 g/mol. The molecule has 0 spiro atoms. The van der Waals surface area contributed by atoms with E-state index >= 15 is 0 Å². The molecule has 11 heteroatoms. The average molecular weight is 401 g/mol. The van der Waals surface area contributed by atoms with Crippen molar-refractivity contribution in [3.8, 4) is 0 Å². The van der Waals surface area contributed by atoms with Gasteiger partial charge in [-0.1, -0.05) is 0 Å². The van der Waals surface area contributed by atoms with Gasteiger partial charge in [-0.25, -0.2) is 4.98 Å². The van der Waals surface area contributed by atoms with Gasteiger partial charge in [-0.2, -0.15) is 10.2 Å². The molecule has 0 radical (unpaired) electrons. The maximum Gasteiger partial charge on any atom is 0.307 e. The van der Waals surface area contributed by atoms with Crippen LogP contribution >= 0.6 is 0 Å². The van der Waals surface area contributed by atoms with Crippen molar-refractivity contribution < 1.29 is 19.1 Å². The van der Waals surface area contributed by atoms with Crippen LogP contribution in [-0.2, 0) is 40.8 Å². The van der Waals surface area contributed by atoms with Crippen LogP contribution in [0.15, 0.2) is 6.33 Å². The van der Waals surface area contributed by atoms with E-state index in [-0.39, 0.29) is 24.2 Å². The van der Waals surface area contributed by atoms with Gasteiger partial charge in [0.25, 0.3) is 11.8 Å². The number of ether oxygens (including phenoxy) is 1. The SMILES string of the molecule is Cn1ncnc1CCNC(=O)c1n[nH]c2c1CCN(C(=O)C1(C)CCC(=O)O1)C2. The summed E-state index contributed by atoms with van der Waals surface area (Å²) in [5.74, 6) is -0.0376. The topological polar surface area (TPSA) is 135 Å². The first-order valence-electron chi connectivity index (χ1n) is 9.56. The summed E-state index contributed by atoms with van der Waals surface area (Å²) in [5, 5.41) is 13.9. The van der Waals surface area contributed by atoms with Gasteiger partial charge in [0.15, 0.2) is 11.3 Å². The number of cyclic esters (lactones) is 1. The number of aryl methyl sites for hydroxylation is 1. The van der Waals surface area contributed by atoms with Crippen LogP contribution in [0.1, 0.15) is 47.3 Å². The Bertz CT molecular complexity index is 965. The van der Waals surface area contributed by atoms with Crippen molar-refractivity contribution in [3.05, 3.63) is 29.1 Å². The average Bonchev–Trinajstić information content (AvgIpc) is 3.40. The van der Waals surface area contributed by atoms with Crippen LogP contribution in [0.3, 0.4) is 0 Å². The summed E-state index contributed by atoms with van der Waals surface area (Å²) in [4.78, 5) is 42.6. The van der Waals surface area contributed by atoms with Gasteiger partial charge in [0.05, 0.1) is 12.2 Å². The van der Waals surface area contributed by atoms with Gasteiger partial charge < -0.3 is 15.0 Å². The van der Waals surface area contributed by atoms with Gasteiger partial charge in [-0.15, -0.1) is 0 Å². The van der Waals surface area contributed by atoms with E-state index in [0.717, 1.165) is 17.1 Å². The smallest absolute Gasteiger partial charge is 0.307 e. The number of rotatable bonds is 5. The highest BCUT2D eigenvalue weighted by Gasteiger charge is 2.45. The number of aromatic nitrogens is 5. The molecule has 0 bridgehead atoms. The Labute approximate surface area is 166 Å². The van der Waals surface area contributed by atoms with E-state index in [2.05, 4.69) is 25.6 Å². The molecule has 1 atom stereocenters. The van der Waals surface area contributed by atoms with E-state index in [9.17, 15) is 14.4 Å². The fourth-order valence-corrected chi connectivity index (χ4v) is 3.78. The molecule has 4 rings (SSSR count). The molecule has 2 aliphatic rings. The quantitative estimate of drug-likeness (QED) is 0.644. The van der Waals surface area contributed by atoms with Crippen molar-refractivity contribution in [2.24, 2.45) is 7.05 Å².